The highest BCUT2D eigenvalue weighted by atomic mass is 32.2. The van der Waals surface area contributed by atoms with Gasteiger partial charge in [0.05, 0.1) is 44.1 Å². The van der Waals surface area contributed by atoms with Crippen molar-refractivity contribution in [1.29, 1.82) is 0 Å². The molecule has 0 spiro atoms. The summed E-state index contributed by atoms with van der Waals surface area (Å²) in [6, 6.07) is 22.9. The van der Waals surface area contributed by atoms with E-state index in [1.54, 1.807) is 0 Å². The summed E-state index contributed by atoms with van der Waals surface area (Å²) in [6.07, 6.45) is 31.7. The summed E-state index contributed by atoms with van der Waals surface area (Å²) in [4.78, 5) is 27.8. The number of thioether (sulfide) groups is 4. The van der Waals surface area contributed by atoms with Crippen molar-refractivity contribution in [3.63, 3.8) is 0 Å². The zero-order chi connectivity index (χ0) is 46.9. The fourth-order valence-corrected chi connectivity index (χ4v) is 14.6. The molecule has 0 atom stereocenters. The Morgan fingerprint density at radius 2 is 0.515 bits per heavy atom. The SMILES string of the molecule is CCCCCCCCSc1cc2nc3c4cccc5c6nc7cc(SCCCCCCCC)c(SCCCCCCCC)cc7nc6c6cccc(c3nc2cc1SCCCCCCCC)c6c45. The Hall–Kier alpha value is -3.04. The maximum atomic E-state index is 5.58. The molecule has 0 bridgehead atoms. The molecule has 0 N–H and O–H groups in total. The average Bonchev–Trinajstić information content (AvgIpc) is 3.36. The number of fused-ring (bicyclic) bond motifs is 8. The van der Waals surface area contributed by atoms with Gasteiger partial charge in [-0.15, -0.1) is 47.0 Å². The first kappa shape index (κ1) is 51.3. The Bertz CT molecular complexity index is 2470. The summed E-state index contributed by atoms with van der Waals surface area (Å²) < 4.78 is 0. The first-order chi connectivity index (χ1) is 33.6. The highest BCUT2D eigenvalue weighted by molar-refractivity contribution is 8.02. The molecular weight excluding hydrogens is 905 g/mol. The van der Waals surface area contributed by atoms with Crippen LogP contribution in [0.1, 0.15) is 182 Å². The maximum Gasteiger partial charge on any atom is 0.0979 e. The van der Waals surface area contributed by atoms with Crippen LogP contribution in [0.2, 0.25) is 0 Å². The highest BCUT2D eigenvalue weighted by Crippen LogP contribution is 2.45. The van der Waals surface area contributed by atoms with Gasteiger partial charge in [0.1, 0.15) is 0 Å². The zero-order valence-corrected chi connectivity index (χ0v) is 45.3. The standard InChI is InChI=1S/C60H78N4S4/c1-5-9-13-17-21-25-35-65-51-39-47-48(40-52(51)66-36-26-22-18-14-10-6-2)62-58-44-32-30-34-46-56(44)55-43(57(58)61-47)31-29-33-45(55)59-60(46)64-50-42-54(68-38-28-24-20-16-12-8-4)53(41-49(50)63-59)67-37-27-23-19-15-11-7-3/h29-34,39-42H,5-28,35-38H2,1-4H3. The van der Waals surface area contributed by atoms with E-state index >= 15 is 0 Å². The number of nitrogens with zero attached hydrogens (tertiary/aromatic N) is 4. The first-order valence-corrected chi connectivity index (χ1v) is 31.1. The maximum absolute atomic E-state index is 5.58. The monoisotopic (exact) mass is 983 g/mol. The van der Waals surface area contributed by atoms with Crippen LogP contribution in [0.25, 0.3) is 76.5 Å². The Kier molecular flexibility index (Phi) is 20.4. The molecule has 8 heteroatoms. The van der Waals surface area contributed by atoms with Crippen LogP contribution in [0.5, 0.6) is 0 Å². The lowest BCUT2D eigenvalue weighted by Gasteiger charge is -2.17. The highest BCUT2D eigenvalue weighted by Gasteiger charge is 2.22. The summed E-state index contributed by atoms with van der Waals surface area (Å²) in [5.74, 6) is 4.60. The normalized spacial score (nSPS) is 12.2. The minimum absolute atomic E-state index is 0.982. The van der Waals surface area contributed by atoms with Crippen molar-refractivity contribution >= 4 is 123 Å². The Morgan fingerprint density at radius 3 is 0.750 bits per heavy atom. The molecule has 2 heterocycles. The number of hydrogen-bond acceptors (Lipinski definition) is 8. The van der Waals surface area contributed by atoms with Crippen molar-refractivity contribution in [1.82, 2.24) is 19.9 Å². The number of hydrogen-bond donors (Lipinski definition) is 0. The Morgan fingerprint density at radius 1 is 0.294 bits per heavy atom. The smallest absolute Gasteiger partial charge is 0.0979 e. The van der Waals surface area contributed by atoms with Crippen molar-refractivity contribution < 1.29 is 0 Å². The van der Waals surface area contributed by atoms with E-state index in [1.165, 1.54) is 184 Å². The van der Waals surface area contributed by atoms with Gasteiger partial charge in [-0.2, -0.15) is 0 Å². The predicted octanol–water partition coefficient (Wildman–Crippen LogP) is 20.6. The molecule has 0 aliphatic heterocycles. The minimum atomic E-state index is 0.982. The molecule has 8 aromatic rings. The number of aromatic nitrogens is 4. The van der Waals surface area contributed by atoms with Crippen molar-refractivity contribution in [3.05, 3.63) is 60.7 Å². The van der Waals surface area contributed by atoms with E-state index in [-0.39, 0.29) is 0 Å². The van der Waals surface area contributed by atoms with Crippen LogP contribution in [0.15, 0.2) is 80.2 Å². The largest absolute Gasteiger partial charge is 0.244 e. The van der Waals surface area contributed by atoms with Crippen LogP contribution in [0, 0.1) is 0 Å². The van der Waals surface area contributed by atoms with Gasteiger partial charge in [0, 0.05) is 51.9 Å². The number of rotatable bonds is 32. The molecule has 0 saturated carbocycles. The van der Waals surface area contributed by atoms with Gasteiger partial charge in [-0.1, -0.05) is 193 Å². The van der Waals surface area contributed by atoms with Gasteiger partial charge in [-0.25, -0.2) is 19.9 Å². The second kappa shape index (κ2) is 27.0. The van der Waals surface area contributed by atoms with Crippen LogP contribution in [-0.2, 0) is 0 Å². The molecule has 8 rings (SSSR count). The molecule has 0 amide bonds. The molecule has 0 aliphatic carbocycles. The van der Waals surface area contributed by atoms with Crippen LogP contribution < -0.4 is 0 Å². The minimum Gasteiger partial charge on any atom is -0.244 e. The van der Waals surface area contributed by atoms with Gasteiger partial charge in [0.2, 0.25) is 0 Å². The van der Waals surface area contributed by atoms with E-state index in [4.69, 9.17) is 19.9 Å². The van der Waals surface area contributed by atoms with Gasteiger partial charge in [0.25, 0.3) is 0 Å². The Balaban J connectivity index is 1.17. The number of unbranched alkanes of at least 4 members (excludes halogenated alkanes) is 20. The fourth-order valence-electron chi connectivity index (χ4n) is 10.0. The zero-order valence-electron chi connectivity index (χ0n) is 42.0. The predicted molar refractivity (Wildman–Crippen MR) is 308 cm³/mol. The molecule has 0 aliphatic rings. The molecular formula is C60H78N4S4. The lowest BCUT2D eigenvalue weighted by atomic mass is 9.91. The van der Waals surface area contributed by atoms with E-state index < -0.39 is 0 Å². The van der Waals surface area contributed by atoms with Gasteiger partial charge in [-0.3, -0.25) is 0 Å². The van der Waals surface area contributed by atoms with Crippen molar-refractivity contribution in [2.45, 2.75) is 201 Å². The molecule has 0 radical (unpaired) electrons. The topological polar surface area (TPSA) is 51.6 Å². The van der Waals surface area contributed by atoms with Gasteiger partial charge in [0.15, 0.2) is 0 Å². The molecule has 68 heavy (non-hydrogen) atoms. The molecule has 2 aromatic heterocycles. The van der Waals surface area contributed by atoms with Crippen molar-refractivity contribution in [2.24, 2.45) is 0 Å². The lowest BCUT2D eigenvalue weighted by molar-refractivity contribution is 0.626. The third-order valence-corrected chi connectivity index (χ3v) is 18.7. The van der Waals surface area contributed by atoms with E-state index in [9.17, 15) is 0 Å². The molecule has 0 saturated heterocycles. The first-order valence-electron chi connectivity index (χ1n) is 27.1. The van der Waals surface area contributed by atoms with Crippen LogP contribution in [0.3, 0.4) is 0 Å². The molecule has 4 nitrogen and oxygen atoms in total. The van der Waals surface area contributed by atoms with E-state index in [0.717, 1.165) is 88.7 Å². The van der Waals surface area contributed by atoms with E-state index in [1.807, 2.05) is 47.0 Å². The summed E-state index contributed by atoms with van der Waals surface area (Å²) in [5.41, 5.74) is 7.91. The summed E-state index contributed by atoms with van der Waals surface area (Å²) >= 11 is 8.12. The third kappa shape index (κ3) is 12.9. The third-order valence-electron chi connectivity index (χ3n) is 13.9. The molecule has 6 aromatic carbocycles. The second-order valence-electron chi connectivity index (χ2n) is 19.3. The fraction of sp³-hybridized carbons (Fsp3) is 0.533. The second-order valence-corrected chi connectivity index (χ2v) is 23.9. The van der Waals surface area contributed by atoms with Crippen LogP contribution in [0.4, 0.5) is 0 Å². The van der Waals surface area contributed by atoms with E-state index in [2.05, 4.69) is 88.4 Å². The molecule has 0 unspecified atom stereocenters. The van der Waals surface area contributed by atoms with Crippen molar-refractivity contribution in [3.8, 4) is 0 Å². The summed E-state index contributed by atoms with van der Waals surface area (Å²) in [5, 5.41) is 7.07. The molecule has 0 fully saturated rings. The average molecular weight is 984 g/mol. The number of benzene rings is 6. The Labute approximate surface area is 425 Å². The van der Waals surface area contributed by atoms with Crippen molar-refractivity contribution in [2.75, 3.05) is 23.0 Å². The summed E-state index contributed by atoms with van der Waals surface area (Å²) in [7, 11) is 0. The van der Waals surface area contributed by atoms with Gasteiger partial charge >= 0.3 is 0 Å². The van der Waals surface area contributed by atoms with Crippen LogP contribution >= 0.6 is 47.0 Å². The summed E-state index contributed by atoms with van der Waals surface area (Å²) in [6.45, 7) is 9.20. The van der Waals surface area contributed by atoms with Gasteiger partial charge in [-0.05, 0) is 73.0 Å². The lowest BCUT2D eigenvalue weighted by Crippen LogP contribution is -1.97. The quantitative estimate of drug-likeness (QED) is 0.0179. The molecule has 362 valence electrons. The van der Waals surface area contributed by atoms with Gasteiger partial charge < -0.3 is 0 Å². The van der Waals surface area contributed by atoms with E-state index in [0.29, 0.717) is 0 Å². The van der Waals surface area contributed by atoms with Crippen LogP contribution in [-0.4, -0.2) is 42.9 Å².